The average Bonchev–Trinajstić information content (AvgIpc) is 2.34. The predicted molar refractivity (Wildman–Crippen MR) is 68.1 cm³/mol. The molecule has 0 atom stereocenters. The summed E-state index contributed by atoms with van der Waals surface area (Å²) in [6, 6.07) is 7.08. The second kappa shape index (κ2) is 4.96. The fraction of sp³-hybridized carbons (Fsp3) is 0.143. The van der Waals surface area contributed by atoms with E-state index in [9.17, 15) is 9.18 Å². The molecule has 1 N–H and O–H groups in total. The van der Waals surface area contributed by atoms with E-state index in [0.29, 0.717) is 5.69 Å². The minimum Gasteiger partial charge on any atom is -0.322 e. The highest BCUT2D eigenvalue weighted by molar-refractivity contribution is 6.04. The molecule has 2 rings (SSSR count). The lowest BCUT2D eigenvalue weighted by molar-refractivity contribution is 0.102. The number of anilines is 1. The third-order valence-corrected chi connectivity index (χ3v) is 2.66. The Morgan fingerprint density at radius 3 is 2.78 bits per heavy atom. The van der Waals surface area contributed by atoms with E-state index >= 15 is 0 Å². The zero-order valence-corrected chi connectivity index (χ0v) is 10.2. The van der Waals surface area contributed by atoms with Crippen LogP contribution in [0.25, 0.3) is 0 Å². The van der Waals surface area contributed by atoms with Gasteiger partial charge in [-0.2, -0.15) is 0 Å². The van der Waals surface area contributed by atoms with Gasteiger partial charge in [-0.15, -0.1) is 0 Å². The molecule has 1 amide bonds. The van der Waals surface area contributed by atoms with Gasteiger partial charge in [0.05, 0.1) is 11.8 Å². The molecule has 18 heavy (non-hydrogen) atoms. The first-order valence-electron chi connectivity index (χ1n) is 5.56. The smallest absolute Gasteiger partial charge is 0.258 e. The van der Waals surface area contributed by atoms with Gasteiger partial charge >= 0.3 is 0 Å². The molecule has 0 fully saturated rings. The number of hydrogen-bond acceptors (Lipinski definition) is 2. The van der Waals surface area contributed by atoms with Crippen LogP contribution in [-0.4, -0.2) is 10.9 Å². The summed E-state index contributed by atoms with van der Waals surface area (Å²) in [5.74, 6) is -1.09. The summed E-state index contributed by atoms with van der Waals surface area (Å²) in [5.41, 5.74) is 2.65. The normalized spacial score (nSPS) is 10.2. The minimum atomic E-state index is -0.625. The number of rotatable bonds is 2. The van der Waals surface area contributed by atoms with Gasteiger partial charge in [-0.1, -0.05) is 12.1 Å². The monoisotopic (exact) mass is 244 g/mol. The maximum atomic E-state index is 13.4. The molecule has 1 aromatic heterocycles. The SMILES string of the molecule is Cc1ccc(C)c(NC(=O)c2ccncc2F)c1. The molecule has 0 aliphatic rings. The van der Waals surface area contributed by atoms with Gasteiger partial charge in [-0.25, -0.2) is 4.39 Å². The van der Waals surface area contributed by atoms with Gasteiger partial charge in [0, 0.05) is 11.9 Å². The van der Waals surface area contributed by atoms with Gasteiger partial charge in [-0.3, -0.25) is 9.78 Å². The number of halogens is 1. The number of benzene rings is 1. The van der Waals surface area contributed by atoms with Crippen LogP contribution >= 0.6 is 0 Å². The molecular formula is C14H13FN2O. The second-order valence-electron chi connectivity index (χ2n) is 4.13. The topological polar surface area (TPSA) is 42.0 Å². The molecule has 0 aliphatic carbocycles. The molecule has 0 bridgehead atoms. The zero-order chi connectivity index (χ0) is 13.1. The fourth-order valence-electron chi connectivity index (χ4n) is 1.62. The van der Waals surface area contributed by atoms with E-state index in [-0.39, 0.29) is 5.56 Å². The number of pyridine rings is 1. The van der Waals surface area contributed by atoms with Crippen LogP contribution in [-0.2, 0) is 0 Å². The summed E-state index contributed by atoms with van der Waals surface area (Å²) in [5, 5.41) is 2.70. The van der Waals surface area contributed by atoms with Gasteiger partial charge in [0.15, 0.2) is 5.82 Å². The van der Waals surface area contributed by atoms with Crippen LogP contribution in [0.4, 0.5) is 10.1 Å². The van der Waals surface area contributed by atoms with Gasteiger partial charge in [-0.05, 0) is 37.1 Å². The highest BCUT2D eigenvalue weighted by atomic mass is 19.1. The molecule has 1 aromatic carbocycles. The standard InChI is InChI=1S/C14H13FN2O/c1-9-3-4-10(2)13(7-9)17-14(18)11-5-6-16-8-12(11)15/h3-8H,1-2H3,(H,17,18). The number of carbonyl (C=O) groups is 1. The maximum absolute atomic E-state index is 13.4. The van der Waals surface area contributed by atoms with Crippen LogP contribution in [0.3, 0.4) is 0 Å². The second-order valence-corrected chi connectivity index (χ2v) is 4.13. The van der Waals surface area contributed by atoms with Crippen LogP contribution in [0.1, 0.15) is 21.5 Å². The van der Waals surface area contributed by atoms with E-state index in [4.69, 9.17) is 0 Å². The molecule has 0 radical (unpaired) electrons. The van der Waals surface area contributed by atoms with Gasteiger partial charge < -0.3 is 5.32 Å². The van der Waals surface area contributed by atoms with Crippen molar-refractivity contribution in [3.63, 3.8) is 0 Å². The number of carbonyl (C=O) groups excluding carboxylic acids is 1. The van der Waals surface area contributed by atoms with Crippen molar-refractivity contribution in [2.75, 3.05) is 5.32 Å². The Morgan fingerprint density at radius 2 is 2.06 bits per heavy atom. The van der Waals surface area contributed by atoms with Crippen molar-refractivity contribution in [2.24, 2.45) is 0 Å². The van der Waals surface area contributed by atoms with Crippen LogP contribution in [0.5, 0.6) is 0 Å². The summed E-state index contributed by atoms with van der Waals surface area (Å²) in [4.78, 5) is 15.5. The van der Waals surface area contributed by atoms with E-state index in [1.54, 1.807) is 0 Å². The number of nitrogens with one attached hydrogen (secondary N) is 1. The molecule has 0 spiro atoms. The van der Waals surface area contributed by atoms with Crippen molar-refractivity contribution in [3.05, 3.63) is 59.2 Å². The third kappa shape index (κ3) is 2.53. The largest absolute Gasteiger partial charge is 0.322 e. The van der Waals surface area contributed by atoms with Crippen molar-refractivity contribution in [1.29, 1.82) is 0 Å². The van der Waals surface area contributed by atoms with Gasteiger partial charge in [0.2, 0.25) is 0 Å². The molecule has 3 nitrogen and oxygen atoms in total. The quantitative estimate of drug-likeness (QED) is 0.882. The first kappa shape index (κ1) is 12.2. The number of amides is 1. The lowest BCUT2D eigenvalue weighted by Crippen LogP contribution is -2.14. The lowest BCUT2D eigenvalue weighted by Gasteiger charge is -2.09. The molecule has 4 heteroatoms. The summed E-state index contributed by atoms with van der Waals surface area (Å²) in [6.07, 6.45) is 2.42. The molecule has 0 saturated heterocycles. The Labute approximate surface area is 105 Å². The molecule has 0 saturated carbocycles. The lowest BCUT2D eigenvalue weighted by atomic mass is 10.1. The van der Waals surface area contributed by atoms with Crippen LogP contribution in [0.15, 0.2) is 36.7 Å². The van der Waals surface area contributed by atoms with Crippen LogP contribution in [0.2, 0.25) is 0 Å². The van der Waals surface area contributed by atoms with Crippen LogP contribution < -0.4 is 5.32 Å². The highest BCUT2D eigenvalue weighted by Crippen LogP contribution is 2.17. The molecule has 0 aliphatic heterocycles. The van der Waals surface area contributed by atoms with Crippen molar-refractivity contribution in [1.82, 2.24) is 4.98 Å². The Bertz CT molecular complexity index is 596. The number of nitrogens with zero attached hydrogens (tertiary/aromatic N) is 1. The van der Waals surface area contributed by atoms with E-state index in [0.717, 1.165) is 17.3 Å². The van der Waals surface area contributed by atoms with E-state index in [1.165, 1.54) is 12.3 Å². The average molecular weight is 244 g/mol. The van der Waals surface area contributed by atoms with E-state index < -0.39 is 11.7 Å². The van der Waals surface area contributed by atoms with Gasteiger partial charge in [0.25, 0.3) is 5.91 Å². The molecular weight excluding hydrogens is 231 g/mol. The summed E-state index contributed by atoms with van der Waals surface area (Å²) in [7, 11) is 0. The first-order valence-corrected chi connectivity index (χ1v) is 5.56. The van der Waals surface area contributed by atoms with Crippen molar-refractivity contribution in [3.8, 4) is 0 Å². The number of aromatic nitrogens is 1. The Balaban J connectivity index is 2.27. The van der Waals surface area contributed by atoms with Gasteiger partial charge in [0.1, 0.15) is 0 Å². The number of aryl methyl sites for hydroxylation is 2. The Kier molecular flexibility index (Phi) is 3.37. The first-order chi connectivity index (χ1) is 8.58. The highest BCUT2D eigenvalue weighted by Gasteiger charge is 2.12. The van der Waals surface area contributed by atoms with Crippen LogP contribution in [0, 0.1) is 19.7 Å². The summed E-state index contributed by atoms with van der Waals surface area (Å²) >= 11 is 0. The fourth-order valence-corrected chi connectivity index (χ4v) is 1.62. The number of hydrogen-bond donors (Lipinski definition) is 1. The molecule has 1 heterocycles. The Hall–Kier alpha value is -2.23. The van der Waals surface area contributed by atoms with E-state index in [2.05, 4.69) is 10.3 Å². The minimum absolute atomic E-state index is 0.00842. The van der Waals surface area contributed by atoms with Crippen molar-refractivity contribution in [2.45, 2.75) is 13.8 Å². The zero-order valence-electron chi connectivity index (χ0n) is 10.2. The van der Waals surface area contributed by atoms with E-state index in [1.807, 2.05) is 32.0 Å². The molecule has 0 unspecified atom stereocenters. The predicted octanol–water partition coefficient (Wildman–Crippen LogP) is 3.09. The summed E-state index contributed by atoms with van der Waals surface area (Å²) < 4.78 is 13.4. The molecule has 92 valence electrons. The van der Waals surface area contributed by atoms with Crippen molar-refractivity contribution < 1.29 is 9.18 Å². The molecule has 2 aromatic rings. The maximum Gasteiger partial charge on any atom is 0.258 e. The third-order valence-electron chi connectivity index (χ3n) is 2.66. The van der Waals surface area contributed by atoms with Crippen molar-refractivity contribution >= 4 is 11.6 Å². The summed E-state index contributed by atoms with van der Waals surface area (Å²) in [6.45, 7) is 3.82. The Morgan fingerprint density at radius 1 is 1.28 bits per heavy atom.